The SMILES string of the molecule is CC(C)(C)OC(=O)[C@H](CCC(=O)NCCOCCOCC(=O)NCCOCCOCC(=O)O)NC(=O)CC[C@H](NC(=O)OCC1c2ccccc2-c2ccccc21)C(=O)OC(C)(C)C. The highest BCUT2D eigenvalue weighted by Crippen LogP contribution is 2.44. The zero-order valence-electron chi connectivity index (χ0n) is 37.6. The van der Waals surface area contributed by atoms with Crippen molar-refractivity contribution in [3.05, 3.63) is 59.7 Å². The number of nitrogens with one attached hydrogen (secondary N) is 4. The second-order valence-electron chi connectivity index (χ2n) is 16.7. The summed E-state index contributed by atoms with van der Waals surface area (Å²) in [4.78, 5) is 87.7. The average Bonchev–Trinajstić information content (AvgIpc) is 3.54. The second kappa shape index (κ2) is 26.9. The van der Waals surface area contributed by atoms with Crippen LogP contribution in [0.2, 0.25) is 0 Å². The van der Waals surface area contributed by atoms with Crippen molar-refractivity contribution >= 4 is 41.7 Å². The first-order valence-corrected chi connectivity index (χ1v) is 21.3. The fourth-order valence-corrected chi connectivity index (χ4v) is 6.27. The number of carbonyl (C=O) groups excluding carboxylic acids is 6. The number of carboxylic acid groups (broad SMARTS) is 1. The average molecular weight is 901 g/mol. The van der Waals surface area contributed by atoms with E-state index in [2.05, 4.69) is 21.3 Å². The van der Waals surface area contributed by atoms with Crippen LogP contribution < -0.4 is 21.3 Å². The summed E-state index contributed by atoms with van der Waals surface area (Å²) in [5.41, 5.74) is 2.37. The quantitative estimate of drug-likeness (QED) is 0.0468. The molecule has 1 aliphatic rings. The van der Waals surface area contributed by atoms with Crippen LogP contribution in [0.5, 0.6) is 0 Å². The van der Waals surface area contributed by atoms with Gasteiger partial charge < -0.3 is 59.5 Å². The Morgan fingerprint density at radius 2 is 1.03 bits per heavy atom. The smallest absolute Gasteiger partial charge is 0.407 e. The van der Waals surface area contributed by atoms with Crippen LogP contribution >= 0.6 is 0 Å². The number of alkyl carbamates (subject to hydrolysis) is 1. The van der Waals surface area contributed by atoms with Gasteiger partial charge >= 0.3 is 24.0 Å². The normalized spacial score (nSPS) is 13.1. The zero-order chi connectivity index (χ0) is 47.1. The minimum absolute atomic E-state index is 0.00832. The number of hydrogen-bond donors (Lipinski definition) is 5. The topological polar surface area (TPSA) is 252 Å². The largest absolute Gasteiger partial charge is 0.480 e. The molecule has 0 bridgehead atoms. The fraction of sp³-hybridized carbons (Fsp3) is 0.578. The Morgan fingerprint density at radius 1 is 0.578 bits per heavy atom. The van der Waals surface area contributed by atoms with E-state index in [4.69, 9.17) is 38.3 Å². The van der Waals surface area contributed by atoms with E-state index in [-0.39, 0.29) is 103 Å². The Bertz CT molecular complexity index is 1810. The molecule has 0 saturated carbocycles. The van der Waals surface area contributed by atoms with Gasteiger partial charge in [0.15, 0.2) is 0 Å². The number of benzene rings is 2. The molecule has 1 aliphatic carbocycles. The van der Waals surface area contributed by atoms with E-state index in [0.29, 0.717) is 0 Å². The lowest BCUT2D eigenvalue weighted by atomic mass is 9.98. The van der Waals surface area contributed by atoms with Crippen molar-refractivity contribution in [3.8, 4) is 11.1 Å². The monoisotopic (exact) mass is 900 g/mol. The number of amides is 4. The summed E-state index contributed by atoms with van der Waals surface area (Å²) in [6.07, 6.45) is -1.58. The Labute approximate surface area is 373 Å². The first-order valence-electron chi connectivity index (χ1n) is 21.3. The number of esters is 2. The maximum absolute atomic E-state index is 13.3. The van der Waals surface area contributed by atoms with E-state index >= 15 is 0 Å². The molecule has 0 unspecified atom stereocenters. The molecular weight excluding hydrogens is 837 g/mol. The molecule has 4 amide bonds. The highest BCUT2D eigenvalue weighted by atomic mass is 16.6. The highest BCUT2D eigenvalue weighted by molar-refractivity contribution is 5.87. The van der Waals surface area contributed by atoms with Gasteiger partial charge in [0.2, 0.25) is 17.7 Å². The number of carboxylic acids is 1. The lowest BCUT2D eigenvalue weighted by Crippen LogP contribution is -2.47. The van der Waals surface area contributed by atoms with Crippen molar-refractivity contribution in [3.63, 3.8) is 0 Å². The van der Waals surface area contributed by atoms with Crippen molar-refractivity contribution in [2.24, 2.45) is 0 Å². The van der Waals surface area contributed by atoms with Crippen LogP contribution in [-0.4, -0.2) is 143 Å². The lowest BCUT2D eigenvalue weighted by molar-refractivity contribution is -0.160. The number of aliphatic carboxylic acids is 1. The third-order valence-corrected chi connectivity index (χ3v) is 9.01. The van der Waals surface area contributed by atoms with Gasteiger partial charge in [-0.05, 0) is 76.6 Å². The molecule has 354 valence electrons. The van der Waals surface area contributed by atoms with Gasteiger partial charge in [0.05, 0.1) is 39.6 Å². The molecule has 2 aromatic rings. The van der Waals surface area contributed by atoms with Crippen LogP contribution in [0.15, 0.2) is 48.5 Å². The molecular formula is C45H64N4O15. The molecule has 0 heterocycles. The minimum Gasteiger partial charge on any atom is -0.480 e. The maximum atomic E-state index is 13.3. The van der Waals surface area contributed by atoms with Crippen LogP contribution in [0, 0.1) is 0 Å². The van der Waals surface area contributed by atoms with Crippen molar-refractivity contribution in [2.45, 2.75) is 96.4 Å². The molecule has 64 heavy (non-hydrogen) atoms. The number of rotatable bonds is 28. The summed E-state index contributed by atoms with van der Waals surface area (Å²) in [7, 11) is 0. The Hall–Kier alpha value is -5.63. The van der Waals surface area contributed by atoms with E-state index in [9.17, 15) is 33.6 Å². The zero-order valence-corrected chi connectivity index (χ0v) is 37.6. The molecule has 5 N–H and O–H groups in total. The molecule has 0 fully saturated rings. The van der Waals surface area contributed by atoms with E-state index in [0.717, 1.165) is 22.3 Å². The molecule has 19 heteroatoms. The highest BCUT2D eigenvalue weighted by Gasteiger charge is 2.32. The summed E-state index contributed by atoms with van der Waals surface area (Å²) in [6, 6.07) is 13.3. The van der Waals surface area contributed by atoms with Crippen molar-refractivity contribution in [1.29, 1.82) is 0 Å². The van der Waals surface area contributed by atoms with Gasteiger partial charge in [0, 0.05) is 31.8 Å². The molecule has 0 saturated heterocycles. The van der Waals surface area contributed by atoms with Crippen LogP contribution in [0.3, 0.4) is 0 Å². The first kappa shape index (κ1) is 52.7. The summed E-state index contributed by atoms with van der Waals surface area (Å²) in [5.74, 6) is -4.19. The van der Waals surface area contributed by atoms with Crippen molar-refractivity contribution in [1.82, 2.24) is 21.3 Å². The second-order valence-corrected chi connectivity index (χ2v) is 16.7. The van der Waals surface area contributed by atoms with Crippen molar-refractivity contribution in [2.75, 3.05) is 72.6 Å². The molecule has 3 rings (SSSR count). The van der Waals surface area contributed by atoms with Gasteiger partial charge in [-0.1, -0.05) is 48.5 Å². The van der Waals surface area contributed by atoms with E-state index < -0.39 is 65.7 Å². The number of ether oxygens (including phenoxy) is 7. The summed E-state index contributed by atoms with van der Waals surface area (Å²) < 4.78 is 37.4. The first-order chi connectivity index (χ1) is 30.3. The summed E-state index contributed by atoms with van der Waals surface area (Å²) in [5, 5.41) is 19.0. The Kier molecular flexibility index (Phi) is 22.1. The molecule has 2 aromatic carbocycles. The van der Waals surface area contributed by atoms with Crippen LogP contribution in [-0.2, 0) is 61.9 Å². The van der Waals surface area contributed by atoms with Gasteiger partial charge in [-0.25, -0.2) is 19.2 Å². The third-order valence-electron chi connectivity index (χ3n) is 9.01. The number of fused-ring (bicyclic) bond motifs is 3. The molecule has 0 aromatic heterocycles. The van der Waals surface area contributed by atoms with E-state index in [1.54, 1.807) is 41.5 Å². The van der Waals surface area contributed by atoms with Crippen molar-refractivity contribution < 1.29 is 71.8 Å². The maximum Gasteiger partial charge on any atom is 0.407 e. The van der Waals surface area contributed by atoms with Gasteiger partial charge in [-0.2, -0.15) is 0 Å². The third kappa shape index (κ3) is 20.7. The van der Waals surface area contributed by atoms with Gasteiger partial charge in [-0.15, -0.1) is 0 Å². The predicted octanol–water partition coefficient (Wildman–Crippen LogP) is 3.01. The Balaban J connectivity index is 1.42. The summed E-state index contributed by atoms with van der Waals surface area (Å²) in [6.45, 7) is 10.8. The molecule has 0 spiro atoms. The molecule has 19 nitrogen and oxygen atoms in total. The minimum atomic E-state index is -1.26. The van der Waals surface area contributed by atoms with Gasteiger partial charge in [-0.3, -0.25) is 14.4 Å². The fourth-order valence-electron chi connectivity index (χ4n) is 6.27. The molecule has 0 radical (unpaired) electrons. The lowest BCUT2D eigenvalue weighted by Gasteiger charge is -2.26. The predicted molar refractivity (Wildman–Crippen MR) is 231 cm³/mol. The number of hydrogen-bond acceptors (Lipinski definition) is 14. The number of carbonyl (C=O) groups is 7. The van der Waals surface area contributed by atoms with E-state index in [1.807, 2.05) is 48.5 Å². The van der Waals surface area contributed by atoms with Gasteiger partial charge in [0.25, 0.3) is 0 Å². The van der Waals surface area contributed by atoms with Crippen LogP contribution in [0.1, 0.15) is 84.3 Å². The Morgan fingerprint density at radius 3 is 1.55 bits per heavy atom. The van der Waals surface area contributed by atoms with Gasteiger partial charge in [0.1, 0.15) is 43.1 Å². The molecule has 2 atom stereocenters. The van der Waals surface area contributed by atoms with E-state index in [1.165, 1.54) is 0 Å². The van der Waals surface area contributed by atoms with Crippen LogP contribution in [0.4, 0.5) is 4.79 Å². The summed E-state index contributed by atoms with van der Waals surface area (Å²) >= 11 is 0. The molecule has 0 aliphatic heterocycles. The van der Waals surface area contributed by atoms with Crippen LogP contribution in [0.25, 0.3) is 11.1 Å². The standard InChI is InChI=1S/C45H64N4O15/c1-44(2,3)63-41(55)35(15-17-37(50)46-19-21-58-23-25-60-28-39(52)47-20-22-59-24-26-61-29-40(53)54)48-38(51)18-16-36(42(56)64-45(4,5)6)49-43(57)62-27-34-32-13-9-7-11-30(32)31-12-8-10-14-33(31)34/h7-14,34-36H,15-29H2,1-6H3,(H,46,50)(H,47,52)(H,48,51)(H,49,57)(H,53,54)/t35-,36-/m0/s1.